The Balaban J connectivity index is 0.000000951. The minimum absolute atomic E-state index is 1.27. The molecule has 0 fully saturated rings. The Morgan fingerprint density at radius 3 is 1.00 bits per heavy atom. The van der Waals surface area contributed by atoms with Gasteiger partial charge in [-0.15, -0.1) is 0 Å². The first kappa shape index (κ1) is 71.7. The molecule has 0 aliphatic rings. The second-order valence-electron chi connectivity index (χ2n) is 17.1. The number of aryl methyl sites for hydroxylation is 7. The maximum absolute atomic E-state index is 2.28. The Bertz CT molecular complexity index is 3280. The molecule has 420 valence electrons. The van der Waals surface area contributed by atoms with Crippen molar-refractivity contribution < 1.29 is 0 Å². The summed E-state index contributed by atoms with van der Waals surface area (Å²) in [6.45, 7) is 47.1. The summed E-state index contributed by atoms with van der Waals surface area (Å²) < 4.78 is 0. The number of hydrogen-bond donors (Lipinski definition) is 0. The predicted molar refractivity (Wildman–Crippen MR) is 368 cm³/mol. The van der Waals surface area contributed by atoms with Gasteiger partial charge < -0.3 is 0 Å². The smallest absolute Gasteiger partial charge is 0.00759 e. The van der Waals surface area contributed by atoms with Crippen molar-refractivity contribution in [3.63, 3.8) is 0 Å². The summed E-state index contributed by atoms with van der Waals surface area (Å²) in [6.07, 6.45) is 0. The lowest BCUT2D eigenvalue weighted by atomic mass is 9.97. The van der Waals surface area contributed by atoms with Crippen LogP contribution in [0.4, 0.5) is 0 Å². The molecule has 0 radical (unpaired) electrons. The van der Waals surface area contributed by atoms with Crippen LogP contribution in [-0.2, 0) is 0 Å². The zero-order valence-electron chi connectivity index (χ0n) is 53.7. The van der Waals surface area contributed by atoms with Crippen molar-refractivity contribution in [2.75, 3.05) is 0 Å². The van der Waals surface area contributed by atoms with Crippen LogP contribution >= 0.6 is 0 Å². The third-order valence-corrected chi connectivity index (χ3v) is 11.9. The van der Waals surface area contributed by atoms with Crippen molar-refractivity contribution in [1.29, 1.82) is 0 Å². The number of benzene rings is 11. The van der Waals surface area contributed by atoms with Crippen LogP contribution in [0, 0.1) is 48.5 Å². The van der Waals surface area contributed by atoms with E-state index in [1.807, 2.05) is 111 Å². The van der Waals surface area contributed by atoms with E-state index in [4.69, 9.17) is 0 Å². The van der Waals surface area contributed by atoms with Gasteiger partial charge in [-0.05, 0) is 153 Å². The Kier molecular flexibility index (Phi) is 37.9. The molecule has 0 bridgehead atoms. The van der Waals surface area contributed by atoms with Crippen molar-refractivity contribution in [2.24, 2.45) is 0 Å². The fraction of sp³-hybridized carbons (Fsp3) is 0.291. The average molecular weight is 1050 g/mol. The summed E-state index contributed by atoms with van der Waals surface area (Å²) in [6, 6.07) is 75.8. The minimum atomic E-state index is 1.27. The monoisotopic (exact) mass is 1050 g/mol. The molecule has 0 unspecified atom stereocenters. The second kappa shape index (κ2) is 41.8. The Morgan fingerprint density at radius 1 is 0.177 bits per heavy atom. The fourth-order valence-electron chi connectivity index (χ4n) is 9.10. The van der Waals surface area contributed by atoms with E-state index in [0.29, 0.717) is 0 Å². The highest BCUT2D eigenvalue weighted by molar-refractivity contribution is 6.10. The van der Waals surface area contributed by atoms with E-state index >= 15 is 0 Å². The van der Waals surface area contributed by atoms with E-state index < -0.39 is 0 Å². The molecule has 0 aliphatic heterocycles. The molecule has 0 spiro atoms. The molecular formula is C79H104. The van der Waals surface area contributed by atoms with Crippen LogP contribution < -0.4 is 0 Å². The standard InChI is InChI=1S/C19H16.2C16H14.C12H12.8C2H6/c1-15-12-18(16-8-4-2-5-9-16)14-19(13-15)17-10-6-3-7-11-17;1-11-9-12(2)14-8-7-13-5-3-4-6-15(13)16(14)10-11;1-11-9-12(2)16-14(10-11)8-7-13-5-3-4-6-15(13)16;1-9-7-10(2)12-6-4-3-5-11(12)8-9;8*1-2/h2-14H,1H3;2*3-10H,1-2H3;3-8H,1-2H3;8*1-2H3. The van der Waals surface area contributed by atoms with Crippen molar-refractivity contribution in [3.05, 3.63) is 251 Å². The van der Waals surface area contributed by atoms with Gasteiger partial charge in [0.2, 0.25) is 0 Å². The quantitative estimate of drug-likeness (QED) is 0.151. The molecule has 0 aromatic heterocycles. The summed E-state index contributed by atoms with van der Waals surface area (Å²) >= 11 is 0. The molecular weight excluding hydrogens is 949 g/mol. The summed E-state index contributed by atoms with van der Waals surface area (Å²) in [4.78, 5) is 0. The van der Waals surface area contributed by atoms with Crippen LogP contribution in [0.15, 0.2) is 212 Å². The van der Waals surface area contributed by atoms with Gasteiger partial charge in [-0.25, -0.2) is 0 Å². The molecule has 0 amide bonds. The zero-order chi connectivity index (χ0) is 59.9. The van der Waals surface area contributed by atoms with Gasteiger partial charge in [-0.1, -0.05) is 334 Å². The van der Waals surface area contributed by atoms with Crippen molar-refractivity contribution in [1.82, 2.24) is 0 Å². The first-order valence-electron chi connectivity index (χ1n) is 30.1. The van der Waals surface area contributed by atoms with Gasteiger partial charge in [-0.2, -0.15) is 0 Å². The molecule has 11 aromatic rings. The molecule has 79 heavy (non-hydrogen) atoms. The second-order valence-corrected chi connectivity index (χ2v) is 17.1. The van der Waals surface area contributed by atoms with Crippen molar-refractivity contribution in [2.45, 2.75) is 159 Å². The van der Waals surface area contributed by atoms with Crippen molar-refractivity contribution >= 4 is 53.9 Å². The highest BCUT2D eigenvalue weighted by atomic mass is 14.1. The Labute approximate surface area is 484 Å². The third-order valence-electron chi connectivity index (χ3n) is 11.9. The zero-order valence-corrected chi connectivity index (χ0v) is 53.7. The van der Waals surface area contributed by atoms with Gasteiger partial charge in [0.1, 0.15) is 0 Å². The van der Waals surface area contributed by atoms with Gasteiger partial charge in [-0.3, -0.25) is 0 Å². The number of rotatable bonds is 2. The Hall–Kier alpha value is -7.28. The van der Waals surface area contributed by atoms with E-state index in [2.05, 4.69) is 261 Å². The number of hydrogen-bond acceptors (Lipinski definition) is 0. The van der Waals surface area contributed by atoms with Gasteiger partial charge in [0.15, 0.2) is 0 Å². The van der Waals surface area contributed by atoms with E-state index in [1.165, 1.54) is 115 Å². The first-order chi connectivity index (χ1) is 38.6. The molecule has 0 heteroatoms. The SMILES string of the molecule is CC.CC.CC.CC.CC.CC.CC.CC.Cc1cc(-c2ccccc2)cc(-c2ccccc2)c1.Cc1cc(C)c2c(ccc3ccccc32)c1.Cc1cc(C)c2ccc3ccccc3c2c1.Cc1cc(C)c2ccccc2c1. The van der Waals surface area contributed by atoms with E-state index in [1.54, 1.807) is 0 Å². The lowest BCUT2D eigenvalue weighted by Crippen LogP contribution is -1.84. The van der Waals surface area contributed by atoms with Gasteiger partial charge in [0.05, 0.1) is 0 Å². The third kappa shape index (κ3) is 21.8. The predicted octanol–water partition coefficient (Wildman–Crippen LogP) is 26.2. The molecule has 0 N–H and O–H groups in total. The Morgan fingerprint density at radius 2 is 0.506 bits per heavy atom. The van der Waals surface area contributed by atoms with Crippen molar-refractivity contribution in [3.8, 4) is 22.3 Å². The van der Waals surface area contributed by atoms with Gasteiger partial charge in [0.25, 0.3) is 0 Å². The molecule has 11 aromatic carbocycles. The summed E-state index contributed by atoms with van der Waals surface area (Å²) in [5.74, 6) is 0. The van der Waals surface area contributed by atoms with E-state index in [0.717, 1.165) is 0 Å². The fourth-order valence-corrected chi connectivity index (χ4v) is 9.10. The first-order valence-corrected chi connectivity index (χ1v) is 30.1. The summed E-state index contributed by atoms with van der Waals surface area (Å²) in [5, 5.41) is 13.5. The highest BCUT2D eigenvalue weighted by Crippen LogP contribution is 2.31. The average Bonchev–Trinajstić information content (AvgIpc) is 3.52. The molecule has 0 aliphatic carbocycles. The molecule has 0 saturated carbocycles. The van der Waals surface area contributed by atoms with E-state index in [-0.39, 0.29) is 0 Å². The maximum Gasteiger partial charge on any atom is -0.00759 e. The van der Waals surface area contributed by atoms with Crippen LogP contribution in [0.25, 0.3) is 76.1 Å². The van der Waals surface area contributed by atoms with Crippen LogP contribution in [-0.4, -0.2) is 0 Å². The maximum atomic E-state index is 2.28. The van der Waals surface area contributed by atoms with Crippen LogP contribution in [0.1, 0.15) is 150 Å². The van der Waals surface area contributed by atoms with Gasteiger partial charge in [0, 0.05) is 0 Å². The molecule has 0 saturated heterocycles. The lowest BCUT2D eigenvalue weighted by Gasteiger charge is -2.08. The van der Waals surface area contributed by atoms with Crippen LogP contribution in [0.5, 0.6) is 0 Å². The summed E-state index contributed by atoms with van der Waals surface area (Å²) in [7, 11) is 0. The lowest BCUT2D eigenvalue weighted by molar-refractivity contribution is 1.43. The molecule has 0 nitrogen and oxygen atoms in total. The van der Waals surface area contributed by atoms with Crippen LogP contribution in [0.3, 0.4) is 0 Å². The number of fused-ring (bicyclic) bond motifs is 7. The highest BCUT2D eigenvalue weighted by Gasteiger charge is 2.06. The largest absolute Gasteiger partial charge is 0.0683 e. The topological polar surface area (TPSA) is 0 Å². The van der Waals surface area contributed by atoms with Gasteiger partial charge >= 0.3 is 0 Å². The van der Waals surface area contributed by atoms with Crippen LogP contribution in [0.2, 0.25) is 0 Å². The molecule has 0 heterocycles. The normalized spacial score (nSPS) is 9.20. The minimum Gasteiger partial charge on any atom is -0.0683 e. The molecule has 11 rings (SSSR count). The molecule has 0 atom stereocenters. The summed E-state index contributed by atoms with van der Waals surface area (Å²) in [5.41, 5.74) is 14.5. The van der Waals surface area contributed by atoms with E-state index in [9.17, 15) is 0 Å².